The maximum atomic E-state index is 11.6. The Morgan fingerprint density at radius 1 is 1.24 bits per heavy atom. The van der Waals surface area contributed by atoms with Gasteiger partial charge in [0.1, 0.15) is 5.75 Å². The first-order valence-electron chi connectivity index (χ1n) is 6.32. The second kappa shape index (κ2) is 7.09. The predicted molar refractivity (Wildman–Crippen MR) is 88.9 cm³/mol. The van der Waals surface area contributed by atoms with Crippen molar-refractivity contribution in [2.24, 2.45) is 0 Å². The van der Waals surface area contributed by atoms with Gasteiger partial charge >= 0.3 is 5.97 Å². The first-order valence-corrected chi connectivity index (χ1v) is 7.90. The van der Waals surface area contributed by atoms with Crippen LogP contribution in [0.15, 0.2) is 51.4 Å². The molecule has 2 aromatic rings. The van der Waals surface area contributed by atoms with Crippen LogP contribution in [0.4, 0.5) is 0 Å². The van der Waals surface area contributed by atoms with Crippen LogP contribution in [0.25, 0.3) is 0 Å². The lowest BCUT2D eigenvalue weighted by Crippen LogP contribution is -2.14. The molecule has 1 atom stereocenters. The Kier molecular flexibility index (Phi) is 5.42. The van der Waals surface area contributed by atoms with Crippen molar-refractivity contribution in [2.75, 3.05) is 7.11 Å². The number of methoxy groups -OCH3 is 1. The average molecular weight is 414 g/mol. The highest BCUT2D eigenvalue weighted by Gasteiger charge is 2.22. The van der Waals surface area contributed by atoms with E-state index in [4.69, 9.17) is 4.74 Å². The van der Waals surface area contributed by atoms with Crippen LogP contribution in [-0.2, 0) is 11.2 Å². The van der Waals surface area contributed by atoms with Gasteiger partial charge in [-0.1, -0.05) is 44.0 Å². The third-order valence-corrected chi connectivity index (χ3v) is 4.49. The monoisotopic (exact) mass is 412 g/mol. The van der Waals surface area contributed by atoms with Crippen molar-refractivity contribution in [1.29, 1.82) is 0 Å². The summed E-state index contributed by atoms with van der Waals surface area (Å²) in [6.07, 6.45) is 0.392. The largest absolute Gasteiger partial charge is 0.497 e. The highest BCUT2D eigenvalue weighted by atomic mass is 79.9. The first-order chi connectivity index (χ1) is 10.0. The van der Waals surface area contributed by atoms with Gasteiger partial charge < -0.3 is 9.84 Å². The summed E-state index contributed by atoms with van der Waals surface area (Å²) in [5, 5.41) is 9.53. The van der Waals surface area contributed by atoms with Crippen molar-refractivity contribution < 1.29 is 14.6 Å². The molecule has 0 aliphatic carbocycles. The Labute approximate surface area is 140 Å². The molecule has 0 saturated carbocycles. The van der Waals surface area contributed by atoms with Crippen molar-refractivity contribution in [3.05, 3.63) is 62.5 Å². The summed E-state index contributed by atoms with van der Waals surface area (Å²) in [5.74, 6) is -0.736. The van der Waals surface area contributed by atoms with E-state index in [0.717, 1.165) is 20.1 Å². The summed E-state index contributed by atoms with van der Waals surface area (Å²) in [6, 6.07) is 13.0. The molecule has 0 radical (unpaired) electrons. The quantitative estimate of drug-likeness (QED) is 0.777. The van der Waals surface area contributed by atoms with E-state index < -0.39 is 11.9 Å². The lowest BCUT2D eigenvalue weighted by atomic mass is 9.92. The van der Waals surface area contributed by atoms with E-state index in [1.165, 1.54) is 0 Å². The third kappa shape index (κ3) is 4.08. The van der Waals surface area contributed by atoms with Crippen molar-refractivity contribution >= 4 is 37.8 Å². The van der Waals surface area contributed by atoms with Crippen LogP contribution in [0.2, 0.25) is 0 Å². The van der Waals surface area contributed by atoms with Crippen molar-refractivity contribution in [2.45, 2.75) is 12.3 Å². The van der Waals surface area contributed by atoms with Gasteiger partial charge in [0.15, 0.2) is 0 Å². The molecule has 0 aliphatic heterocycles. The van der Waals surface area contributed by atoms with Crippen LogP contribution in [0, 0.1) is 0 Å². The molecule has 2 aromatic carbocycles. The molecule has 21 heavy (non-hydrogen) atoms. The van der Waals surface area contributed by atoms with Crippen molar-refractivity contribution in [3.8, 4) is 5.75 Å². The van der Waals surface area contributed by atoms with Crippen LogP contribution in [0.5, 0.6) is 5.75 Å². The fourth-order valence-corrected chi connectivity index (χ4v) is 2.95. The standard InChI is InChI=1S/C16H14Br2O3/c1-21-13-5-6-15(18)11(8-13)9-14(16(19)20)10-3-2-4-12(17)7-10/h2-8,14H,9H2,1H3,(H,19,20). The number of carboxylic acids is 1. The van der Waals surface area contributed by atoms with Gasteiger partial charge in [-0.05, 0) is 47.9 Å². The Morgan fingerprint density at radius 3 is 2.62 bits per heavy atom. The number of halogens is 2. The second-order valence-corrected chi connectivity index (χ2v) is 6.38. The third-order valence-electron chi connectivity index (χ3n) is 3.23. The van der Waals surface area contributed by atoms with E-state index in [2.05, 4.69) is 31.9 Å². The number of benzene rings is 2. The van der Waals surface area contributed by atoms with E-state index in [1.54, 1.807) is 7.11 Å². The predicted octanol–water partition coefficient (Wildman–Crippen LogP) is 4.63. The van der Waals surface area contributed by atoms with Crippen LogP contribution in [-0.4, -0.2) is 18.2 Å². The van der Waals surface area contributed by atoms with Gasteiger partial charge in [0, 0.05) is 8.95 Å². The zero-order valence-corrected chi connectivity index (χ0v) is 14.5. The maximum Gasteiger partial charge on any atom is 0.311 e. The Morgan fingerprint density at radius 2 is 2.00 bits per heavy atom. The Bertz CT molecular complexity index is 656. The summed E-state index contributed by atoms with van der Waals surface area (Å²) in [5.41, 5.74) is 1.67. The number of hydrogen-bond donors (Lipinski definition) is 1. The van der Waals surface area contributed by atoms with Gasteiger partial charge in [-0.2, -0.15) is 0 Å². The molecule has 0 bridgehead atoms. The number of hydrogen-bond acceptors (Lipinski definition) is 2. The fourth-order valence-electron chi connectivity index (χ4n) is 2.13. The van der Waals surface area contributed by atoms with E-state index in [1.807, 2.05) is 42.5 Å². The molecule has 1 unspecified atom stereocenters. The Hall–Kier alpha value is -1.33. The number of rotatable bonds is 5. The normalized spacial score (nSPS) is 12.0. The van der Waals surface area contributed by atoms with Gasteiger partial charge in [-0.15, -0.1) is 0 Å². The molecule has 0 amide bonds. The van der Waals surface area contributed by atoms with Crippen LogP contribution in [0.1, 0.15) is 17.0 Å². The molecule has 110 valence electrons. The lowest BCUT2D eigenvalue weighted by Gasteiger charge is -2.15. The number of aliphatic carboxylic acids is 1. The zero-order valence-electron chi connectivity index (χ0n) is 11.3. The SMILES string of the molecule is COc1ccc(Br)c(CC(C(=O)O)c2cccc(Br)c2)c1. The van der Waals surface area contributed by atoms with E-state index in [0.29, 0.717) is 12.2 Å². The minimum absolute atomic E-state index is 0.392. The number of ether oxygens (including phenoxy) is 1. The molecule has 0 spiro atoms. The lowest BCUT2D eigenvalue weighted by molar-refractivity contribution is -0.138. The molecule has 0 aromatic heterocycles. The molecule has 2 rings (SSSR count). The maximum absolute atomic E-state index is 11.6. The van der Waals surface area contributed by atoms with Gasteiger partial charge in [-0.25, -0.2) is 0 Å². The number of carboxylic acid groups (broad SMARTS) is 1. The molecule has 3 nitrogen and oxygen atoms in total. The zero-order chi connectivity index (χ0) is 15.4. The minimum Gasteiger partial charge on any atom is -0.497 e. The first kappa shape index (κ1) is 16.0. The summed E-state index contributed by atoms with van der Waals surface area (Å²) < 4.78 is 6.95. The van der Waals surface area contributed by atoms with E-state index in [9.17, 15) is 9.90 Å². The van der Waals surface area contributed by atoms with Crippen LogP contribution >= 0.6 is 31.9 Å². The average Bonchev–Trinajstić information content (AvgIpc) is 2.46. The van der Waals surface area contributed by atoms with Crippen molar-refractivity contribution in [3.63, 3.8) is 0 Å². The number of carbonyl (C=O) groups is 1. The molecule has 5 heteroatoms. The summed E-state index contributed by atoms with van der Waals surface area (Å²) >= 11 is 6.85. The van der Waals surface area contributed by atoms with Crippen LogP contribution in [0.3, 0.4) is 0 Å². The molecular weight excluding hydrogens is 400 g/mol. The summed E-state index contributed by atoms with van der Waals surface area (Å²) in [4.78, 5) is 11.6. The van der Waals surface area contributed by atoms with E-state index in [-0.39, 0.29) is 0 Å². The van der Waals surface area contributed by atoms with Gasteiger partial charge in [0.05, 0.1) is 13.0 Å². The molecular formula is C16H14Br2O3. The highest BCUT2D eigenvalue weighted by Crippen LogP contribution is 2.29. The summed E-state index contributed by atoms with van der Waals surface area (Å²) in [6.45, 7) is 0. The Balaban J connectivity index is 2.35. The van der Waals surface area contributed by atoms with Crippen molar-refractivity contribution in [1.82, 2.24) is 0 Å². The van der Waals surface area contributed by atoms with Gasteiger partial charge in [0.2, 0.25) is 0 Å². The molecule has 0 saturated heterocycles. The molecule has 1 N–H and O–H groups in total. The minimum atomic E-state index is -0.845. The topological polar surface area (TPSA) is 46.5 Å². The summed E-state index contributed by atoms with van der Waals surface area (Å²) in [7, 11) is 1.59. The smallest absolute Gasteiger partial charge is 0.311 e. The second-order valence-electron chi connectivity index (χ2n) is 4.61. The molecule has 0 aliphatic rings. The van der Waals surface area contributed by atoms with Gasteiger partial charge in [0.25, 0.3) is 0 Å². The van der Waals surface area contributed by atoms with Crippen LogP contribution < -0.4 is 4.74 Å². The molecule has 0 heterocycles. The van der Waals surface area contributed by atoms with E-state index >= 15 is 0 Å². The van der Waals surface area contributed by atoms with Gasteiger partial charge in [-0.3, -0.25) is 4.79 Å². The highest BCUT2D eigenvalue weighted by molar-refractivity contribution is 9.10. The fraction of sp³-hybridized carbons (Fsp3) is 0.188. The molecule has 0 fully saturated rings.